The topological polar surface area (TPSA) is 105 Å². The SMILES string of the molecule is CC[C@H](C(=O)NCC(C)C)N(Cc1ccccc1)C(=O)CN(c1ccc(Cl)cc1)S(=O)(=O)c1ccc(OC)c(OC)c1. The number of carbonyl (C=O) groups is 2. The van der Waals surface area contributed by atoms with Gasteiger partial charge < -0.3 is 19.7 Å². The maximum atomic E-state index is 14.1. The Morgan fingerprint density at radius 3 is 2.14 bits per heavy atom. The number of ether oxygens (including phenoxy) is 2. The quantitative estimate of drug-likeness (QED) is 0.270. The van der Waals surface area contributed by atoms with Crippen LogP contribution < -0.4 is 19.1 Å². The first-order chi connectivity index (χ1) is 20.0. The van der Waals surface area contributed by atoms with E-state index in [1.807, 2.05) is 51.1 Å². The number of anilines is 1. The Balaban J connectivity index is 2.07. The molecule has 0 aliphatic heterocycles. The highest BCUT2D eigenvalue weighted by atomic mass is 35.5. The molecule has 0 bridgehead atoms. The summed E-state index contributed by atoms with van der Waals surface area (Å²) in [5.74, 6) is -0.0326. The molecule has 3 aromatic rings. The van der Waals surface area contributed by atoms with Gasteiger partial charge in [-0.1, -0.05) is 62.7 Å². The predicted octanol–water partition coefficient (Wildman–Crippen LogP) is 5.13. The summed E-state index contributed by atoms with van der Waals surface area (Å²) < 4.78 is 39.8. The Labute approximate surface area is 253 Å². The third-order valence-corrected chi connectivity index (χ3v) is 8.62. The van der Waals surface area contributed by atoms with E-state index in [1.54, 1.807) is 12.1 Å². The number of hydrogen-bond acceptors (Lipinski definition) is 6. The summed E-state index contributed by atoms with van der Waals surface area (Å²) in [4.78, 5) is 28.7. The molecule has 0 spiro atoms. The lowest BCUT2D eigenvalue weighted by atomic mass is 10.1. The molecule has 226 valence electrons. The Morgan fingerprint density at radius 1 is 0.929 bits per heavy atom. The zero-order valence-electron chi connectivity index (χ0n) is 24.5. The summed E-state index contributed by atoms with van der Waals surface area (Å²) in [6.07, 6.45) is 0.339. The van der Waals surface area contributed by atoms with Crippen LogP contribution in [0, 0.1) is 5.92 Å². The molecular weight excluding hydrogens is 578 g/mol. The van der Waals surface area contributed by atoms with Crippen LogP contribution in [0.2, 0.25) is 5.02 Å². The van der Waals surface area contributed by atoms with Gasteiger partial charge in [0.15, 0.2) is 11.5 Å². The number of benzene rings is 3. The summed E-state index contributed by atoms with van der Waals surface area (Å²) in [5, 5.41) is 3.33. The van der Waals surface area contributed by atoms with Crippen molar-refractivity contribution in [2.75, 3.05) is 31.6 Å². The Bertz CT molecular complexity index is 1450. The zero-order valence-corrected chi connectivity index (χ0v) is 26.1. The second kappa shape index (κ2) is 14.9. The normalized spacial score (nSPS) is 12.0. The first kappa shape index (κ1) is 32.8. The van der Waals surface area contributed by atoms with Crippen molar-refractivity contribution in [3.8, 4) is 11.5 Å². The minimum atomic E-state index is -4.29. The fourth-order valence-corrected chi connectivity index (χ4v) is 5.92. The number of carbonyl (C=O) groups excluding carboxylic acids is 2. The first-order valence-corrected chi connectivity index (χ1v) is 15.4. The average Bonchev–Trinajstić information content (AvgIpc) is 2.99. The standard InChI is InChI=1S/C31H38ClN3O6S/c1-6-27(31(37)33-19-22(2)3)34(20-23-10-8-7-9-11-23)30(36)21-35(25-14-12-24(32)13-15-25)42(38,39)26-16-17-28(40-4)29(18-26)41-5/h7-18,22,27H,6,19-21H2,1-5H3,(H,33,37)/t27-/m1/s1. The number of nitrogens with one attached hydrogen (secondary N) is 1. The molecule has 42 heavy (non-hydrogen) atoms. The molecule has 0 aromatic heterocycles. The predicted molar refractivity (Wildman–Crippen MR) is 164 cm³/mol. The van der Waals surface area contributed by atoms with Crippen molar-refractivity contribution in [2.24, 2.45) is 5.92 Å². The van der Waals surface area contributed by atoms with E-state index < -0.39 is 28.5 Å². The molecule has 0 heterocycles. The molecule has 2 amide bonds. The molecule has 0 fully saturated rings. The van der Waals surface area contributed by atoms with Crippen molar-refractivity contribution in [2.45, 2.75) is 44.7 Å². The summed E-state index contributed by atoms with van der Waals surface area (Å²) in [6, 6.07) is 18.8. The number of amides is 2. The molecule has 1 atom stereocenters. The van der Waals surface area contributed by atoms with Crippen molar-refractivity contribution >= 4 is 39.1 Å². The van der Waals surface area contributed by atoms with E-state index in [4.69, 9.17) is 21.1 Å². The van der Waals surface area contributed by atoms with E-state index in [9.17, 15) is 18.0 Å². The van der Waals surface area contributed by atoms with Gasteiger partial charge in [0.2, 0.25) is 11.8 Å². The summed E-state index contributed by atoms with van der Waals surface area (Å²) in [6.45, 7) is 5.81. The minimum Gasteiger partial charge on any atom is -0.493 e. The molecule has 9 nitrogen and oxygen atoms in total. The first-order valence-electron chi connectivity index (χ1n) is 13.6. The van der Waals surface area contributed by atoms with Crippen molar-refractivity contribution in [1.29, 1.82) is 0 Å². The van der Waals surface area contributed by atoms with Crippen LogP contribution in [0.25, 0.3) is 0 Å². The molecule has 3 rings (SSSR count). The lowest BCUT2D eigenvalue weighted by Crippen LogP contribution is -2.52. The fraction of sp³-hybridized carbons (Fsp3) is 0.355. The van der Waals surface area contributed by atoms with Crippen LogP contribution in [-0.4, -0.2) is 58.5 Å². The maximum absolute atomic E-state index is 14.1. The van der Waals surface area contributed by atoms with Crippen LogP contribution in [0.5, 0.6) is 11.5 Å². The van der Waals surface area contributed by atoms with Crippen LogP contribution in [0.4, 0.5) is 5.69 Å². The van der Waals surface area contributed by atoms with Crippen LogP contribution in [0.1, 0.15) is 32.8 Å². The van der Waals surface area contributed by atoms with Crippen molar-refractivity contribution in [3.63, 3.8) is 0 Å². The van der Waals surface area contributed by atoms with Gasteiger partial charge in [-0.15, -0.1) is 0 Å². The number of hydrogen-bond donors (Lipinski definition) is 1. The summed E-state index contributed by atoms with van der Waals surface area (Å²) >= 11 is 6.10. The van der Waals surface area contributed by atoms with Crippen LogP contribution in [-0.2, 0) is 26.2 Å². The van der Waals surface area contributed by atoms with Crippen molar-refractivity contribution < 1.29 is 27.5 Å². The van der Waals surface area contributed by atoms with E-state index >= 15 is 0 Å². The molecule has 0 aliphatic carbocycles. The second-order valence-electron chi connectivity index (χ2n) is 10.1. The lowest BCUT2D eigenvalue weighted by molar-refractivity contribution is -0.140. The largest absolute Gasteiger partial charge is 0.493 e. The second-order valence-corrected chi connectivity index (χ2v) is 12.4. The van der Waals surface area contributed by atoms with E-state index in [0.717, 1.165) is 9.87 Å². The molecule has 0 aliphatic rings. The fourth-order valence-electron chi connectivity index (χ4n) is 4.36. The summed E-state index contributed by atoms with van der Waals surface area (Å²) in [7, 11) is -1.43. The average molecular weight is 616 g/mol. The molecule has 1 N–H and O–H groups in total. The van der Waals surface area contributed by atoms with Crippen LogP contribution in [0.3, 0.4) is 0 Å². The number of sulfonamides is 1. The smallest absolute Gasteiger partial charge is 0.264 e. The number of methoxy groups -OCH3 is 2. The van der Waals surface area contributed by atoms with E-state index in [-0.39, 0.29) is 34.7 Å². The Kier molecular flexibility index (Phi) is 11.6. The van der Waals surface area contributed by atoms with E-state index in [0.29, 0.717) is 23.7 Å². The van der Waals surface area contributed by atoms with Gasteiger partial charge in [-0.2, -0.15) is 0 Å². The molecule has 3 aromatic carbocycles. The zero-order chi connectivity index (χ0) is 30.9. The molecule has 0 unspecified atom stereocenters. The number of nitrogens with zero attached hydrogens (tertiary/aromatic N) is 2. The molecule has 0 saturated heterocycles. The van der Waals surface area contributed by atoms with Gasteiger partial charge in [0, 0.05) is 24.2 Å². The van der Waals surface area contributed by atoms with Crippen LogP contribution in [0.15, 0.2) is 77.7 Å². The Hall–Kier alpha value is -3.76. The van der Waals surface area contributed by atoms with Gasteiger partial charge in [0.05, 0.1) is 24.8 Å². The van der Waals surface area contributed by atoms with Gasteiger partial charge in [-0.3, -0.25) is 13.9 Å². The highest BCUT2D eigenvalue weighted by molar-refractivity contribution is 7.92. The Morgan fingerprint density at radius 2 is 1.57 bits per heavy atom. The third-order valence-electron chi connectivity index (χ3n) is 6.60. The molecular formula is C31H38ClN3O6S. The van der Waals surface area contributed by atoms with Gasteiger partial charge in [0.1, 0.15) is 12.6 Å². The number of halogens is 1. The molecule has 0 saturated carbocycles. The lowest BCUT2D eigenvalue weighted by Gasteiger charge is -2.33. The number of rotatable bonds is 14. The van der Waals surface area contributed by atoms with Crippen molar-refractivity contribution in [3.05, 3.63) is 83.4 Å². The van der Waals surface area contributed by atoms with Crippen LogP contribution >= 0.6 is 11.6 Å². The maximum Gasteiger partial charge on any atom is 0.264 e. The van der Waals surface area contributed by atoms with E-state index in [1.165, 1.54) is 49.5 Å². The highest BCUT2D eigenvalue weighted by Gasteiger charge is 2.34. The minimum absolute atomic E-state index is 0.0979. The van der Waals surface area contributed by atoms with E-state index in [2.05, 4.69) is 5.32 Å². The van der Waals surface area contributed by atoms with Crippen molar-refractivity contribution in [1.82, 2.24) is 10.2 Å². The van der Waals surface area contributed by atoms with Gasteiger partial charge in [-0.05, 0) is 54.3 Å². The third kappa shape index (κ3) is 8.17. The highest BCUT2D eigenvalue weighted by Crippen LogP contribution is 2.32. The molecule has 0 radical (unpaired) electrons. The monoisotopic (exact) mass is 615 g/mol. The van der Waals surface area contributed by atoms with Gasteiger partial charge >= 0.3 is 0 Å². The summed E-state index contributed by atoms with van der Waals surface area (Å²) in [5.41, 5.74) is 1.04. The van der Waals surface area contributed by atoms with Gasteiger partial charge in [0.25, 0.3) is 10.0 Å². The molecule has 11 heteroatoms. The van der Waals surface area contributed by atoms with Gasteiger partial charge in [-0.25, -0.2) is 8.42 Å².